The Bertz CT molecular complexity index is 1650. The topological polar surface area (TPSA) is 99.6 Å². The zero-order valence-electron chi connectivity index (χ0n) is 19.0. The summed E-state index contributed by atoms with van der Waals surface area (Å²) in [6.07, 6.45) is 0.587. The summed E-state index contributed by atoms with van der Waals surface area (Å²) in [6.45, 7) is 0.0147. The van der Waals surface area contributed by atoms with E-state index in [4.69, 9.17) is 4.74 Å². The van der Waals surface area contributed by atoms with Crippen LogP contribution in [-0.4, -0.2) is 31.8 Å². The third-order valence-corrected chi connectivity index (χ3v) is 5.83. The third kappa shape index (κ3) is 4.19. The van der Waals surface area contributed by atoms with Crippen molar-refractivity contribution in [2.24, 2.45) is 0 Å². The van der Waals surface area contributed by atoms with Crippen molar-refractivity contribution in [3.8, 4) is 5.75 Å². The number of carbonyl (C=O) groups excluding carboxylic acids is 1. The molecule has 0 bridgehead atoms. The van der Waals surface area contributed by atoms with Crippen molar-refractivity contribution in [1.82, 2.24) is 18.7 Å². The summed E-state index contributed by atoms with van der Waals surface area (Å²) in [5, 5.41) is 7.56. The van der Waals surface area contributed by atoms with Crippen LogP contribution in [0.2, 0.25) is 0 Å². The maximum atomic E-state index is 13.3. The molecule has 0 aliphatic heterocycles. The number of hydrogen-bond donors (Lipinski definition) is 1. The summed E-state index contributed by atoms with van der Waals surface area (Å²) >= 11 is 0. The molecule has 2 aromatic heterocycles. The molecule has 0 saturated heterocycles. The lowest BCUT2D eigenvalue weighted by Gasteiger charge is -2.09. The molecule has 0 unspecified atom stereocenters. The number of amides is 1. The molecule has 0 aliphatic rings. The van der Waals surface area contributed by atoms with Gasteiger partial charge in [-0.1, -0.05) is 54.6 Å². The summed E-state index contributed by atoms with van der Waals surface area (Å²) in [4.78, 5) is 39.4. The Morgan fingerprint density at radius 3 is 2.46 bits per heavy atom. The molecule has 9 nitrogen and oxygen atoms in total. The first-order valence-electron chi connectivity index (χ1n) is 11.1. The van der Waals surface area contributed by atoms with Crippen LogP contribution in [0.3, 0.4) is 0 Å². The van der Waals surface area contributed by atoms with E-state index in [0.717, 1.165) is 10.2 Å². The van der Waals surface area contributed by atoms with Gasteiger partial charge in [-0.3, -0.25) is 14.2 Å². The van der Waals surface area contributed by atoms with Crippen molar-refractivity contribution in [1.29, 1.82) is 0 Å². The predicted molar refractivity (Wildman–Crippen MR) is 133 cm³/mol. The van der Waals surface area contributed by atoms with Gasteiger partial charge in [0, 0.05) is 6.54 Å². The van der Waals surface area contributed by atoms with E-state index in [-0.39, 0.29) is 17.9 Å². The first-order valence-corrected chi connectivity index (χ1v) is 11.1. The van der Waals surface area contributed by atoms with Gasteiger partial charge in [-0.05, 0) is 36.2 Å². The number of para-hydroxylation sites is 3. The summed E-state index contributed by atoms with van der Waals surface area (Å²) in [5.74, 6) is 0.256. The van der Waals surface area contributed by atoms with E-state index >= 15 is 0 Å². The molecule has 9 heteroatoms. The number of anilines is 1. The van der Waals surface area contributed by atoms with Crippen LogP contribution < -0.4 is 21.3 Å². The number of ether oxygens (including phenoxy) is 1. The molecule has 1 amide bonds. The lowest BCUT2D eigenvalue weighted by molar-refractivity contribution is -0.117. The van der Waals surface area contributed by atoms with Gasteiger partial charge in [-0.15, -0.1) is 5.10 Å². The summed E-state index contributed by atoms with van der Waals surface area (Å²) < 4.78 is 9.22. The molecule has 2 heterocycles. The van der Waals surface area contributed by atoms with Crippen LogP contribution in [0.5, 0.6) is 5.75 Å². The number of aryl methyl sites for hydroxylation is 2. The number of methoxy groups -OCH3 is 1. The minimum Gasteiger partial charge on any atom is -0.495 e. The van der Waals surface area contributed by atoms with Crippen molar-refractivity contribution < 1.29 is 9.53 Å². The van der Waals surface area contributed by atoms with Crippen LogP contribution in [-0.2, 0) is 24.3 Å². The lowest BCUT2D eigenvalue weighted by Crippen LogP contribution is -2.29. The normalized spacial score (nSPS) is 11.1. The molecule has 0 atom stereocenters. The van der Waals surface area contributed by atoms with Crippen LogP contribution in [0.1, 0.15) is 5.56 Å². The van der Waals surface area contributed by atoms with Crippen LogP contribution >= 0.6 is 0 Å². The minimum atomic E-state index is -0.500. The van der Waals surface area contributed by atoms with Crippen molar-refractivity contribution in [2.75, 3.05) is 12.4 Å². The number of fused-ring (bicyclic) bond motifs is 3. The molecule has 0 saturated carbocycles. The minimum absolute atomic E-state index is 0.194. The van der Waals surface area contributed by atoms with E-state index in [1.807, 2.05) is 30.3 Å². The Kier molecular flexibility index (Phi) is 5.88. The van der Waals surface area contributed by atoms with E-state index in [1.165, 1.54) is 16.1 Å². The SMILES string of the molecule is COc1ccccc1NC(=O)Cn1nc2n(CCc3ccccc3)c(=O)c3ccccc3n2c1=O. The molecule has 5 aromatic rings. The average Bonchev–Trinajstić information content (AvgIpc) is 3.20. The molecule has 0 spiro atoms. The van der Waals surface area contributed by atoms with Gasteiger partial charge in [-0.2, -0.15) is 0 Å². The molecule has 1 N–H and O–H groups in total. The van der Waals surface area contributed by atoms with Gasteiger partial charge >= 0.3 is 5.69 Å². The Balaban J connectivity index is 1.55. The van der Waals surface area contributed by atoms with E-state index in [0.29, 0.717) is 35.3 Å². The highest BCUT2D eigenvalue weighted by Gasteiger charge is 2.19. The number of hydrogen-bond acceptors (Lipinski definition) is 5. The molecule has 176 valence electrons. The van der Waals surface area contributed by atoms with Gasteiger partial charge in [0.2, 0.25) is 11.7 Å². The third-order valence-electron chi connectivity index (χ3n) is 5.83. The molecule has 35 heavy (non-hydrogen) atoms. The quantitative estimate of drug-likeness (QED) is 0.395. The fraction of sp³-hybridized carbons (Fsp3) is 0.154. The molecular weight excluding hydrogens is 446 g/mol. The predicted octanol–water partition coefficient (Wildman–Crippen LogP) is 2.70. The summed E-state index contributed by atoms with van der Waals surface area (Å²) in [7, 11) is 1.51. The zero-order chi connectivity index (χ0) is 24.4. The maximum absolute atomic E-state index is 13.3. The van der Waals surface area contributed by atoms with Crippen LogP contribution in [0.25, 0.3) is 16.7 Å². The first kappa shape index (κ1) is 22.1. The van der Waals surface area contributed by atoms with Gasteiger partial charge in [0.15, 0.2) is 0 Å². The number of rotatable bonds is 7. The summed E-state index contributed by atoms with van der Waals surface area (Å²) in [5.41, 5.74) is 1.26. The van der Waals surface area contributed by atoms with Gasteiger partial charge in [0.05, 0.1) is 23.7 Å². The molecule has 0 fully saturated rings. The highest BCUT2D eigenvalue weighted by atomic mass is 16.5. The molecular formula is C26H23N5O4. The standard InChI is InChI=1S/C26H23N5O4/c1-35-22-14-8-6-12-20(22)27-23(32)17-30-26(34)31-21-13-7-5-11-19(21)24(33)29(25(31)28-30)16-15-18-9-3-2-4-10-18/h2-14H,15-17H2,1H3,(H,27,32). The highest BCUT2D eigenvalue weighted by molar-refractivity contribution is 5.92. The van der Waals surface area contributed by atoms with Gasteiger partial charge in [-0.25, -0.2) is 13.9 Å². The largest absolute Gasteiger partial charge is 0.495 e. The van der Waals surface area contributed by atoms with Gasteiger partial charge < -0.3 is 10.1 Å². The van der Waals surface area contributed by atoms with E-state index in [9.17, 15) is 14.4 Å². The van der Waals surface area contributed by atoms with E-state index < -0.39 is 11.6 Å². The molecule has 0 radical (unpaired) electrons. The van der Waals surface area contributed by atoms with E-state index in [2.05, 4.69) is 10.4 Å². The number of benzene rings is 3. The van der Waals surface area contributed by atoms with Crippen LogP contribution in [0.4, 0.5) is 5.69 Å². The number of nitrogens with one attached hydrogen (secondary N) is 1. The molecule has 3 aromatic carbocycles. The fourth-order valence-corrected chi connectivity index (χ4v) is 4.13. The lowest BCUT2D eigenvalue weighted by atomic mass is 10.1. The average molecular weight is 470 g/mol. The Labute approximate surface area is 199 Å². The number of aromatic nitrogens is 4. The van der Waals surface area contributed by atoms with Crippen LogP contribution in [0.15, 0.2) is 88.5 Å². The van der Waals surface area contributed by atoms with Crippen molar-refractivity contribution >= 4 is 28.3 Å². The van der Waals surface area contributed by atoms with Gasteiger partial charge in [0.1, 0.15) is 12.3 Å². The second-order valence-electron chi connectivity index (χ2n) is 8.03. The molecule has 5 rings (SSSR count). The smallest absolute Gasteiger partial charge is 0.352 e. The fourth-order valence-electron chi connectivity index (χ4n) is 4.13. The Morgan fingerprint density at radius 2 is 1.66 bits per heavy atom. The maximum Gasteiger partial charge on any atom is 0.352 e. The second-order valence-corrected chi connectivity index (χ2v) is 8.03. The first-order chi connectivity index (χ1) is 17.1. The zero-order valence-corrected chi connectivity index (χ0v) is 19.0. The monoisotopic (exact) mass is 469 g/mol. The van der Waals surface area contributed by atoms with Gasteiger partial charge in [0.25, 0.3) is 5.56 Å². The number of carbonyl (C=O) groups is 1. The summed E-state index contributed by atoms with van der Waals surface area (Å²) in [6, 6.07) is 23.7. The van der Waals surface area contributed by atoms with Crippen molar-refractivity contribution in [3.63, 3.8) is 0 Å². The molecule has 0 aliphatic carbocycles. The number of nitrogens with zero attached hydrogens (tertiary/aromatic N) is 4. The Hall–Kier alpha value is -4.66. The highest BCUT2D eigenvalue weighted by Crippen LogP contribution is 2.22. The van der Waals surface area contributed by atoms with Crippen molar-refractivity contribution in [2.45, 2.75) is 19.5 Å². The van der Waals surface area contributed by atoms with E-state index in [1.54, 1.807) is 48.5 Å². The van der Waals surface area contributed by atoms with Crippen LogP contribution in [0, 0.1) is 0 Å². The Morgan fingerprint density at radius 1 is 0.943 bits per heavy atom. The second kappa shape index (κ2) is 9.30. The van der Waals surface area contributed by atoms with Crippen molar-refractivity contribution in [3.05, 3.63) is 105 Å².